The molecule has 1 aromatic heterocycles. The standard InChI is InChI=1S/C18H28FN3O2/c1-13(16-9-8-14(19)11-21-16)20-12-15-7-5-6-10-22(15)17(23)24-18(2,3)4/h8-9,11,13,15,20H,5-7,10,12H2,1-4H3. The first-order chi connectivity index (χ1) is 11.3. The van der Waals surface area contributed by atoms with E-state index in [1.807, 2.05) is 32.6 Å². The lowest BCUT2D eigenvalue weighted by Crippen LogP contribution is -2.50. The fourth-order valence-electron chi connectivity index (χ4n) is 2.83. The molecule has 1 aromatic rings. The van der Waals surface area contributed by atoms with E-state index in [1.54, 1.807) is 6.07 Å². The number of amides is 1. The molecule has 2 unspecified atom stereocenters. The van der Waals surface area contributed by atoms with Gasteiger partial charge in [0.05, 0.1) is 11.9 Å². The number of hydrogen-bond donors (Lipinski definition) is 1. The number of hydrogen-bond acceptors (Lipinski definition) is 4. The average molecular weight is 337 g/mol. The highest BCUT2D eigenvalue weighted by Gasteiger charge is 2.30. The summed E-state index contributed by atoms with van der Waals surface area (Å²) in [5.41, 5.74) is 0.300. The molecule has 0 radical (unpaired) electrons. The van der Waals surface area contributed by atoms with Gasteiger partial charge in [-0.25, -0.2) is 9.18 Å². The number of halogens is 1. The van der Waals surface area contributed by atoms with Crippen molar-refractivity contribution in [3.8, 4) is 0 Å². The third-order valence-electron chi connectivity index (χ3n) is 4.11. The lowest BCUT2D eigenvalue weighted by molar-refractivity contribution is 0.00969. The number of aromatic nitrogens is 1. The molecule has 134 valence electrons. The molecule has 1 amide bonds. The SMILES string of the molecule is CC(NCC1CCCCN1C(=O)OC(C)(C)C)c1ccc(F)cn1. The van der Waals surface area contributed by atoms with Gasteiger partial charge in [-0.2, -0.15) is 0 Å². The third kappa shape index (κ3) is 5.44. The summed E-state index contributed by atoms with van der Waals surface area (Å²) in [6, 6.07) is 3.19. The first-order valence-corrected chi connectivity index (χ1v) is 8.61. The Kier molecular flexibility index (Phi) is 6.15. The van der Waals surface area contributed by atoms with E-state index in [0.29, 0.717) is 6.54 Å². The predicted octanol–water partition coefficient (Wildman–Crippen LogP) is 3.66. The number of nitrogens with one attached hydrogen (secondary N) is 1. The molecule has 1 fully saturated rings. The predicted molar refractivity (Wildman–Crippen MR) is 91.2 cm³/mol. The summed E-state index contributed by atoms with van der Waals surface area (Å²) in [5.74, 6) is -0.339. The van der Waals surface area contributed by atoms with Gasteiger partial charge in [0.2, 0.25) is 0 Å². The molecule has 2 atom stereocenters. The van der Waals surface area contributed by atoms with Crippen LogP contribution in [0.4, 0.5) is 9.18 Å². The van der Waals surface area contributed by atoms with Crippen LogP contribution in [0.3, 0.4) is 0 Å². The van der Waals surface area contributed by atoms with Crippen LogP contribution >= 0.6 is 0 Å². The summed E-state index contributed by atoms with van der Waals surface area (Å²) in [7, 11) is 0. The van der Waals surface area contributed by atoms with Gasteiger partial charge in [-0.05, 0) is 59.1 Å². The second kappa shape index (κ2) is 7.92. The van der Waals surface area contributed by atoms with Gasteiger partial charge in [-0.15, -0.1) is 0 Å². The Morgan fingerprint density at radius 2 is 2.21 bits per heavy atom. The van der Waals surface area contributed by atoms with Gasteiger partial charge in [0.1, 0.15) is 11.4 Å². The van der Waals surface area contributed by atoms with Crippen molar-refractivity contribution < 1.29 is 13.9 Å². The van der Waals surface area contributed by atoms with Crippen molar-refractivity contribution in [3.05, 3.63) is 29.8 Å². The summed E-state index contributed by atoms with van der Waals surface area (Å²) < 4.78 is 18.5. The highest BCUT2D eigenvalue weighted by molar-refractivity contribution is 5.68. The Balaban J connectivity index is 1.93. The molecule has 1 saturated heterocycles. The van der Waals surface area contributed by atoms with Gasteiger partial charge in [0.15, 0.2) is 0 Å². The fourth-order valence-corrected chi connectivity index (χ4v) is 2.83. The van der Waals surface area contributed by atoms with Crippen molar-refractivity contribution in [2.45, 2.75) is 64.6 Å². The van der Waals surface area contributed by atoms with Crippen molar-refractivity contribution in [2.75, 3.05) is 13.1 Å². The van der Waals surface area contributed by atoms with E-state index in [4.69, 9.17) is 4.74 Å². The number of likely N-dealkylation sites (tertiary alicyclic amines) is 1. The van der Waals surface area contributed by atoms with Gasteiger partial charge < -0.3 is 15.0 Å². The summed E-state index contributed by atoms with van der Waals surface area (Å²) in [6.07, 6.45) is 4.04. The molecule has 0 aromatic carbocycles. The molecule has 1 aliphatic rings. The molecule has 6 heteroatoms. The summed E-state index contributed by atoms with van der Waals surface area (Å²) in [5, 5.41) is 3.40. The van der Waals surface area contributed by atoms with Crippen molar-refractivity contribution in [2.24, 2.45) is 0 Å². The van der Waals surface area contributed by atoms with Crippen molar-refractivity contribution in [1.29, 1.82) is 0 Å². The van der Waals surface area contributed by atoms with Gasteiger partial charge in [0, 0.05) is 25.2 Å². The first-order valence-electron chi connectivity index (χ1n) is 8.61. The zero-order chi connectivity index (χ0) is 17.7. The Morgan fingerprint density at radius 3 is 2.83 bits per heavy atom. The van der Waals surface area contributed by atoms with Crippen LogP contribution < -0.4 is 5.32 Å². The van der Waals surface area contributed by atoms with Gasteiger partial charge in [-0.1, -0.05) is 0 Å². The first kappa shape index (κ1) is 18.6. The Bertz CT molecular complexity index is 542. The number of piperidine rings is 1. The van der Waals surface area contributed by atoms with E-state index in [2.05, 4.69) is 10.3 Å². The minimum atomic E-state index is -0.488. The van der Waals surface area contributed by atoms with Crippen LogP contribution in [0.5, 0.6) is 0 Å². The van der Waals surface area contributed by atoms with Crippen LogP contribution in [0.1, 0.15) is 58.7 Å². The molecule has 24 heavy (non-hydrogen) atoms. The van der Waals surface area contributed by atoms with E-state index in [-0.39, 0.29) is 24.0 Å². The maximum Gasteiger partial charge on any atom is 0.410 e. The zero-order valence-electron chi connectivity index (χ0n) is 15.0. The smallest absolute Gasteiger partial charge is 0.410 e. The minimum absolute atomic E-state index is 0.00647. The molecule has 0 bridgehead atoms. The monoisotopic (exact) mass is 337 g/mol. The van der Waals surface area contributed by atoms with Crippen LogP contribution in [0.25, 0.3) is 0 Å². The van der Waals surface area contributed by atoms with Crippen molar-refractivity contribution in [3.63, 3.8) is 0 Å². The Hall–Kier alpha value is -1.69. The quantitative estimate of drug-likeness (QED) is 0.911. The number of carbonyl (C=O) groups excluding carboxylic acids is 1. The number of carbonyl (C=O) groups is 1. The molecular weight excluding hydrogens is 309 g/mol. The maximum atomic E-state index is 13.0. The van der Waals surface area contributed by atoms with Crippen LogP contribution in [0.15, 0.2) is 18.3 Å². The highest BCUT2D eigenvalue weighted by Crippen LogP contribution is 2.21. The minimum Gasteiger partial charge on any atom is -0.444 e. The molecule has 0 saturated carbocycles. The summed E-state index contributed by atoms with van der Waals surface area (Å²) in [4.78, 5) is 18.3. The maximum absolute atomic E-state index is 13.0. The topological polar surface area (TPSA) is 54.5 Å². The van der Waals surface area contributed by atoms with Gasteiger partial charge >= 0.3 is 6.09 Å². The van der Waals surface area contributed by atoms with Crippen LogP contribution in [-0.4, -0.2) is 40.7 Å². The molecule has 5 nitrogen and oxygen atoms in total. The van der Waals surface area contributed by atoms with E-state index in [1.165, 1.54) is 12.3 Å². The molecule has 2 heterocycles. The molecule has 0 aliphatic carbocycles. The van der Waals surface area contributed by atoms with Crippen LogP contribution in [0.2, 0.25) is 0 Å². The number of ether oxygens (including phenoxy) is 1. The fraction of sp³-hybridized carbons (Fsp3) is 0.667. The Labute approximate surface area is 143 Å². The number of pyridine rings is 1. The lowest BCUT2D eigenvalue weighted by atomic mass is 10.0. The van der Waals surface area contributed by atoms with E-state index in [0.717, 1.165) is 31.5 Å². The second-order valence-corrected chi connectivity index (χ2v) is 7.35. The second-order valence-electron chi connectivity index (χ2n) is 7.35. The zero-order valence-corrected chi connectivity index (χ0v) is 15.0. The number of rotatable bonds is 4. The van der Waals surface area contributed by atoms with E-state index < -0.39 is 5.60 Å². The largest absolute Gasteiger partial charge is 0.444 e. The van der Waals surface area contributed by atoms with Gasteiger partial charge in [-0.3, -0.25) is 4.98 Å². The molecule has 0 spiro atoms. The molecule has 2 rings (SSSR count). The lowest BCUT2D eigenvalue weighted by Gasteiger charge is -2.37. The molecule has 1 N–H and O–H groups in total. The van der Waals surface area contributed by atoms with E-state index in [9.17, 15) is 9.18 Å². The van der Waals surface area contributed by atoms with Gasteiger partial charge in [0.25, 0.3) is 0 Å². The normalized spacial score (nSPS) is 19.9. The summed E-state index contributed by atoms with van der Waals surface area (Å²) >= 11 is 0. The summed E-state index contributed by atoms with van der Waals surface area (Å²) in [6.45, 7) is 9.02. The van der Waals surface area contributed by atoms with Crippen molar-refractivity contribution in [1.82, 2.24) is 15.2 Å². The van der Waals surface area contributed by atoms with E-state index >= 15 is 0 Å². The molecular formula is C18H28FN3O2. The molecule has 1 aliphatic heterocycles. The number of nitrogens with zero attached hydrogens (tertiary/aromatic N) is 2. The van der Waals surface area contributed by atoms with Crippen LogP contribution in [-0.2, 0) is 4.74 Å². The van der Waals surface area contributed by atoms with Crippen LogP contribution in [0, 0.1) is 5.82 Å². The highest BCUT2D eigenvalue weighted by atomic mass is 19.1. The Morgan fingerprint density at radius 1 is 1.46 bits per heavy atom. The van der Waals surface area contributed by atoms with Crippen molar-refractivity contribution >= 4 is 6.09 Å². The average Bonchev–Trinajstić information content (AvgIpc) is 2.52. The third-order valence-corrected chi connectivity index (χ3v) is 4.11.